The van der Waals surface area contributed by atoms with Crippen LogP contribution < -0.4 is 5.32 Å². The van der Waals surface area contributed by atoms with Crippen molar-refractivity contribution in [1.82, 2.24) is 5.32 Å². The Morgan fingerprint density at radius 3 is 2.61 bits per heavy atom. The molecule has 1 aromatic heterocycles. The molecule has 0 radical (unpaired) electrons. The summed E-state index contributed by atoms with van der Waals surface area (Å²) in [5, 5.41) is 3.20. The molecule has 0 bridgehead atoms. The van der Waals surface area contributed by atoms with E-state index in [4.69, 9.17) is 4.42 Å². The first kappa shape index (κ1) is 12.8. The Bertz CT molecular complexity index is 533. The predicted molar refractivity (Wildman–Crippen MR) is 70.1 cm³/mol. The number of hydrogen-bond donors (Lipinski definition) is 1. The molecule has 2 aromatic rings. The zero-order chi connectivity index (χ0) is 13.1. The third-order valence-corrected chi connectivity index (χ3v) is 3.12. The number of benzene rings is 1. The second kappa shape index (κ2) is 5.36. The summed E-state index contributed by atoms with van der Waals surface area (Å²) in [6, 6.07) is 9.06. The van der Waals surface area contributed by atoms with Gasteiger partial charge >= 0.3 is 0 Å². The van der Waals surface area contributed by atoms with Crippen molar-refractivity contribution in [1.29, 1.82) is 0 Å². The molecule has 0 aliphatic rings. The molecule has 0 aliphatic heterocycles. The van der Waals surface area contributed by atoms with Gasteiger partial charge in [0.25, 0.3) is 0 Å². The molecule has 2 nitrogen and oxygen atoms in total. The van der Waals surface area contributed by atoms with Gasteiger partial charge in [-0.1, -0.05) is 19.1 Å². The number of hydrogen-bond acceptors (Lipinski definition) is 2. The van der Waals surface area contributed by atoms with Crippen molar-refractivity contribution in [2.24, 2.45) is 0 Å². The van der Waals surface area contributed by atoms with Crippen LogP contribution in [-0.4, -0.2) is 7.05 Å². The highest BCUT2D eigenvalue weighted by Gasteiger charge is 2.16. The molecule has 0 amide bonds. The molecule has 0 fully saturated rings. The van der Waals surface area contributed by atoms with Crippen molar-refractivity contribution < 1.29 is 8.81 Å². The highest BCUT2D eigenvalue weighted by Crippen LogP contribution is 2.25. The summed E-state index contributed by atoms with van der Waals surface area (Å²) in [6.45, 7) is 3.82. The maximum Gasteiger partial charge on any atom is 0.126 e. The summed E-state index contributed by atoms with van der Waals surface area (Å²) in [4.78, 5) is 0. The molecule has 1 atom stereocenters. The lowest BCUT2D eigenvalue weighted by molar-refractivity contribution is 0.433. The van der Waals surface area contributed by atoms with E-state index in [1.54, 1.807) is 13.0 Å². The summed E-state index contributed by atoms with van der Waals surface area (Å²) in [7, 11) is 1.87. The minimum atomic E-state index is -0.178. The fourth-order valence-corrected chi connectivity index (χ4v) is 2.06. The molecule has 1 aromatic carbocycles. The molecule has 0 aliphatic carbocycles. The summed E-state index contributed by atoms with van der Waals surface area (Å²) in [5.41, 5.74) is 1.66. The van der Waals surface area contributed by atoms with Crippen LogP contribution in [-0.2, 0) is 6.42 Å². The highest BCUT2D eigenvalue weighted by molar-refractivity contribution is 5.31. The van der Waals surface area contributed by atoms with E-state index in [1.165, 1.54) is 6.07 Å². The Hall–Kier alpha value is -1.61. The lowest BCUT2D eigenvalue weighted by atomic mass is 10.0. The Morgan fingerprint density at radius 1 is 1.28 bits per heavy atom. The quantitative estimate of drug-likeness (QED) is 0.893. The van der Waals surface area contributed by atoms with Crippen molar-refractivity contribution in [2.45, 2.75) is 26.3 Å². The first-order valence-electron chi connectivity index (χ1n) is 6.17. The van der Waals surface area contributed by atoms with Gasteiger partial charge in [-0.15, -0.1) is 0 Å². The minimum absolute atomic E-state index is 0.0374. The smallest absolute Gasteiger partial charge is 0.126 e. The van der Waals surface area contributed by atoms with Crippen molar-refractivity contribution in [3.63, 3.8) is 0 Å². The van der Waals surface area contributed by atoms with Crippen molar-refractivity contribution in [3.8, 4) is 0 Å². The normalized spacial score (nSPS) is 12.7. The van der Waals surface area contributed by atoms with Gasteiger partial charge < -0.3 is 9.73 Å². The molecule has 1 heterocycles. The van der Waals surface area contributed by atoms with E-state index in [9.17, 15) is 4.39 Å². The molecule has 96 valence electrons. The van der Waals surface area contributed by atoms with E-state index < -0.39 is 0 Å². The van der Waals surface area contributed by atoms with Crippen molar-refractivity contribution in [3.05, 3.63) is 58.8 Å². The fraction of sp³-hybridized carbons (Fsp3) is 0.333. The standard InChI is InChI=1S/C15H18FNO/c1-4-12-6-8-14(18-12)15(17-3)11-5-7-13(16)10(2)9-11/h5-9,15,17H,4H2,1-3H3. The average molecular weight is 247 g/mol. The van der Waals surface area contributed by atoms with E-state index >= 15 is 0 Å². The third kappa shape index (κ3) is 2.46. The SMILES string of the molecule is CCc1ccc(C(NC)c2ccc(F)c(C)c2)o1. The zero-order valence-corrected chi connectivity index (χ0v) is 11.0. The van der Waals surface area contributed by atoms with Crippen LogP contribution in [0.4, 0.5) is 4.39 Å². The number of nitrogens with one attached hydrogen (secondary N) is 1. The molecule has 0 saturated heterocycles. The van der Waals surface area contributed by atoms with Crippen LogP contribution in [0, 0.1) is 12.7 Å². The molecule has 0 saturated carbocycles. The van der Waals surface area contributed by atoms with Crippen LogP contribution in [0.2, 0.25) is 0 Å². The van der Waals surface area contributed by atoms with Crippen LogP contribution in [0.3, 0.4) is 0 Å². The molecular formula is C15H18FNO. The first-order valence-corrected chi connectivity index (χ1v) is 6.17. The van der Waals surface area contributed by atoms with Gasteiger partial charge in [0.2, 0.25) is 0 Å². The molecular weight excluding hydrogens is 229 g/mol. The number of furan rings is 1. The molecule has 18 heavy (non-hydrogen) atoms. The molecule has 2 rings (SSSR count). The van der Waals surface area contributed by atoms with Gasteiger partial charge in [-0.3, -0.25) is 0 Å². The number of aryl methyl sites for hydroxylation is 2. The lowest BCUT2D eigenvalue weighted by Gasteiger charge is -2.15. The van der Waals surface area contributed by atoms with E-state index in [2.05, 4.69) is 12.2 Å². The summed E-state index contributed by atoms with van der Waals surface area (Å²) >= 11 is 0. The van der Waals surface area contributed by atoms with Gasteiger partial charge in [-0.25, -0.2) is 4.39 Å². The molecule has 1 N–H and O–H groups in total. The maximum atomic E-state index is 13.3. The largest absolute Gasteiger partial charge is 0.464 e. The Balaban J connectivity index is 2.35. The van der Waals surface area contributed by atoms with Crippen LogP contribution in [0.5, 0.6) is 0 Å². The topological polar surface area (TPSA) is 25.2 Å². The monoisotopic (exact) mass is 247 g/mol. The van der Waals surface area contributed by atoms with Gasteiger partial charge in [0.1, 0.15) is 17.3 Å². The van der Waals surface area contributed by atoms with Crippen molar-refractivity contribution >= 4 is 0 Å². The van der Waals surface area contributed by atoms with Gasteiger partial charge in [0.15, 0.2) is 0 Å². The van der Waals surface area contributed by atoms with Crippen LogP contribution in [0.15, 0.2) is 34.7 Å². The summed E-state index contributed by atoms with van der Waals surface area (Å²) in [6.07, 6.45) is 0.874. The second-order valence-electron chi connectivity index (χ2n) is 4.39. The lowest BCUT2D eigenvalue weighted by Crippen LogP contribution is -2.17. The minimum Gasteiger partial charge on any atom is -0.464 e. The first-order chi connectivity index (χ1) is 8.65. The van der Waals surface area contributed by atoms with E-state index in [1.807, 2.05) is 25.2 Å². The summed E-state index contributed by atoms with van der Waals surface area (Å²) < 4.78 is 19.0. The van der Waals surface area contributed by atoms with E-state index in [-0.39, 0.29) is 11.9 Å². The van der Waals surface area contributed by atoms with Crippen LogP contribution in [0.1, 0.15) is 35.6 Å². The van der Waals surface area contributed by atoms with Gasteiger partial charge in [0.05, 0.1) is 6.04 Å². The second-order valence-corrected chi connectivity index (χ2v) is 4.39. The predicted octanol–water partition coefficient (Wildman–Crippen LogP) is 3.60. The highest BCUT2D eigenvalue weighted by atomic mass is 19.1. The van der Waals surface area contributed by atoms with Gasteiger partial charge in [-0.05, 0) is 43.3 Å². The molecule has 1 unspecified atom stereocenters. The molecule has 3 heteroatoms. The van der Waals surface area contributed by atoms with Crippen molar-refractivity contribution in [2.75, 3.05) is 7.05 Å². The summed E-state index contributed by atoms with van der Waals surface area (Å²) in [5.74, 6) is 1.65. The maximum absolute atomic E-state index is 13.3. The Labute approximate surface area is 107 Å². The number of halogens is 1. The van der Waals surface area contributed by atoms with E-state index in [0.717, 1.165) is 23.5 Å². The van der Waals surface area contributed by atoms with Crippen LogP contribution in [0.25, 0.3) is 0 Å². The van der Waals surface area contributed by atoms with E-state index in [0.29, 0.717) is 5.56 Å². The number of rotatable bonds is 4. The molecule has 0 spiro atoms. The Morgan fingerprint density at radius 2 is 2.06 bits per heavy atom. The van der Waals surface area contributed by atoms with Gasteiger partial charge in [-0.2, -0.15) is 0 Å². The fourth-order valence-electron chi connectivity index (χ4n) is 2.06. The zero-order valence-electron chi connectivity index (χ0n) is 11.0. The average Bonchev–Trinajstić information content (AvgIpc) is 2.83. The van der Waals surface area contributed by atoms with Gasteiger partial charge in [0, 0.05) is 6.42 Å². The van der Waals surface area contributed by atoms with Crippen LogP contribution >= 0.6 is 0 Å². The Kier molecular flexibility index (Phi) is 3.82. The third-order valence-electron chi connectivity index (χ3n) is 3.12.